The van der Waals surface area contributed by atoms with E-state index in [0.29, 0.717) is 19.4 Å². The maximum atomic E-state index is 10.6. The molecular formula is C13H19BrO4S. The third-order valence-corrected chi connectivity index (χ3v) is 4.17. The van der Waals surface area contributed by atoms with Gasteiger partial charge in [-0.2, -0.15) is 8.42 Å². The average Bonchev–Trinajstić information content (AvgIpc) is 2.30. The highest BCUT2D eigenvalue weighted by Gasteiger charge is 2.07. The molecule has 1 N–H and O–H groups in total. The zero-order valence-electron chi connectivity index (χ0n) is 11.1. The predicted molar refractivity (Wildman–Crippen MR) is 79.7 cm³/mol. The fraction of sp³-hybridized carbons (Fsp3) is 0.538. The van der Waals surface area contributed by atoms with E-state index in [0.717, 1.165) is 22.2 Å². The van der Waals surface area contributed by atoms with Crippen molar-refractivity contribution in [1.29, 1.82) is 0 Å². The monoisotopic (exact) mass is 350 g/mol. The summed E-state index contributed by atoms with van der Waals surface area (Å²) >= 11 is 3.42. The standard InChI is InChI=1S/C13H19BrO4S/c1-10-7-12(9-14)8-11(2)13(10)18-5-3-4-6-19(15,16)17/h7-8H,3-6,9H2,1-2H3,(H,15,16,17). The molecular weight excluding hydrogens is 332 g/mol. The van der Waals surface area contributed by atoms with Crippen LogP contribution in [0, 0.1) is 13.8 Å². The average molecular weight is 351 g/mol. The Bertz CT molecular complexity index is 502. The molecule has 0 saturated heterocycles. The molecule has 0 aliphatic heterocycles. The van der Waals surface area contributed by atoms with Gasteiger partial charge in [0.25, 0.3) is 10.1 Å². The van der Waals surface area contributed by atoms with E-state index in [9.17, 15) is 8.42 Å². The second kappa shape index (κ2) is 7.26. The molecule has 0 bridgehead atoms. The van der Waals surface area contributed by atoms with E-state index >= 15 is 0 Å². The van der Waals surface area contributed by atoms with Crippen molar-refractivity contribution in [3.8, 4) is 5.75 Å². The zero-order valence-corrected chi connectivity index (χ0v) is 13.6. The van der Waals surface area contributed by atoms with Crippen molar-refractivity contribution in [2.75, 3.05) is 12.4 Å². The van der Waals surface area contributed by atoms with Gasteiger partial charge < -0.3 is 4.74 Å². The Balaban J connectivity index is 2.50. The van der Waals surface area contributed by atoms with E-state index in [4.69, 9.17) is 9.29 Å². The molecule has 6 heteroatoms. The first-order valence-electron chi connectivity index (χ1n) is 6.07. The molecule has 0 radical (unpaired) electrons. The molecule has 0 heterocycles. The van der Waals surface area contributed by atoms with Crippen molar-refractivity contribution in [3.05, 3.63) is 28.8 Å². The summed E-state index contributed by atoms with van der Waals surface area (Å²) in [7, 11) is -3.86. The van der Waals surface area contributed by atoms with Crippen molar-refractivity contribution < 1.29 is 17.7 Å². The van der Waals surface area contributed by atoms with E-state index in [-0.39, 0.29) is 5.75 Å². The van der Waals surface area contributed by atoms with Crippen molar-refractivity contribution >= 4 is 26.0 Å². The van der Waals surface area contributed by atoms with Crippen molar-refractivity contribution in [3.63, 3.8) is 0 Å². The Morgan fingerprint density at radius 2 is 1.79 bits per heavy atom. The minimum absolute atomic E-state index is 0.211. The topological polar surface area (TPSA) is 63.6 Å². The fourth-order valence-corrected chi connectivity index (χ4v) is 2.80. The Kier molecular flexibility index (Phi) is 6.29. The first-order valence-corrected chi connectivity index (χ1v) is 8.80. The Hall–Kier alpha value is -0.590. The van der Waals surface area contributed by atoms with Gasteiger partial charge in [0.15, 0.2) is 0 Å². The van der Waals surface area contributed by atoms with Crippen LogP contribution in [0.15, 0.2) is 12.1 Å². The van der Waals surface area contributed by atoms with E-state index in [2.05, 4.69) is 28.1 Å². The van der Waals surface area contributed by atoms with Crippen LogP contribution in [0.4, 0.5) is 0 Å². The van der Waals surface area contributed by atoms with Gasteiger partial charge in [-0.25, -0.2) is 0 Å². The number of aryl methyl sites for hydroxylation is 2. The van der Waals surface area contributed by atoms with Gasteiger partial charge in [-0.05, 0) is 43.4 Å². The van der Waals surface area contributed by atoms with Gasteiger partial charge >= 0.3 is 0 Å². The van der Waals surface area contributed by atoms with Gasteiger partial charge in [0.05, 0.1) is 12.4 Å². The maximum absolute atomic E-state index is 10.6. The summed E-state index contributed by atoms with van der Waals surface area (Å²) in [5.41, 5.74) is 3.35. The number of alkyl halides is 1. The van der Waals surface area contributed by atoms with Crippen LogP contribution in [0.25, 0.3) is 0 Å². The molecule has 0 fully saturated rings. The third kappa shape index (κ3) is 5.93. The molecule has 4 nitrogen and oxygen atoms in total. The van der Waals surface area contributed by atoms with Gasteiger partial charge in [0.1, 0.15) is 5.75 Å². The Morgan fingerprint density at radius 1 is 1.21 bits per heavy atom. The minimum atomic E-state index is -3.86. The van der Waals surface area contributed by atoms with Crippen molar-refractivity contribution in [1.82, 2.24) is 0 Å². The summed E-state index contributed by atoms with van der Waals surface area (Å²) in [5.74, 6) is 0.646. The lowest BCUT2D eigenvalue weighted by Crippen LogP contribution is -2.07. The molecule has 19 heavy (non-hydrogen) atoms. The number of hydrogen-bond acceptors (Lipinski definition) is 3. The number of ether oxygens (including phenoxy) is 1. The molecule has 0 atom stereocenters. The summed E-state index contributed by atoms with van der Waals surface area (Å²) in [6.45, 7) is 4.43. The molecule has 1 aromatic rings. The van der Waals surface area contributed by atoms with Gasteiger partial charge in [-0.1, -0.05) is 28.1 Å². The lowest BCUT2D eigenvalue weighted by atomic mass is 10.1. The van der Waals surface area contributed by atoms with Crippen molar-refractivity contribution in [2.24, 2.45) is 0 Å². The number of hydrogen-bond donors (Lipinski definition) is 1. The molecule has 1 aromatic carbocycles. The number of halogens is 1. The molecule has 0 aliphatic rings. The van der Waals surface area contributed by atoms with Crippen LogP contribution in [0.5, 0.6) is 5.75 Å². The van der Waals surface area contributed by atoms with E-state index in [1.54, 1.807) is 0 Å². The number of benzene rings is 1. The van der Waals surface area contributed by atoms with E-state index < -0.39 is 10.1 Å². The van der Waals surface area contributed by atoms with E-state index in [1.807, 2.05) is 13.8 Å². The normalized spacial score (nSPS) is 11.6. The summed E-state index contributed by atoms with van der Waals surface area (Å²) in [4.78, 5) is 0. The highest BCUT2D eigenvalue weighted by Crippen LogP contribution is 2.26. The summed E-state index contributed by atoms with van der Waals surface area (Å²) < 4.78 is 35.4. The van der Waals surface area contributed by atoms with Gasteiger partial charge in [0.2, 0.25) is 0 Å². The summed E-state index contributed by atoms with van der Waals surface area (Å²) in [6, 6.07) is 4.13. The summed E-state index contributed by atoms with van der Waals surface area (Å²) in [5, 5.41) is 0.809. The molecule has 0 spiro atoms. The second-order valence-corrected chi connectivity index (χ2v) is 6.67. The number of rotatable bonds is 7. The quantitative estimate of drug-likeness (QED) is 0.465. The molecule has 0 saturated carbocycles. The van der Waals surface area contributed by atoms with Gasteiger partial charge in [-0.15, -0.1) is 0 Å². The molecule has 0 aromatic heterocycles. The first-order chi connectivity index (χ1) is 8.83. The first kappa shape index (κ1) is 16.5. The van der Waals surface area contributed by atoms with Crippen molar-refractivity contribution in [2.45, 2.75) is 32.0 Å². The third-order valence-electron chi connectivity index (χ3n) is 2.72. The summed E-state index contributed by atoms with van der Waals surface area (Å²) in [6.07, 6.45) is 0.995. The minimum Gasteiger partial charge on any atom is -0.493 e. The second-order valence-electron chi connectivity index (χ2n) is 4.53. The van der Waals surface area contributed by atoms with Crippen LogP contribution in [-0.4, -0.2) is 25.3 Å². The van der Waals surface area contributed by atoms with Crippen LogP contribution < -0.4 is 4.74 Å². The van der Waals surface area contributed by atoms with Crippen LogP contribution >= 0.6 is 15.9 Å². The van der Waals surface area contributed by atoms with Crippen LogP contribution in [0.2, 0.25) is 0 Å². The Morgan fingerprint density at radius 3 is 2.26 bits per heavy atom. The lowest BCUT2D eigenvalue weighted by molar-refractivity contribution is 0.305. The maximum Gasteiger partial charge on any atom is 0.264 e. The molecule has 108 valence electrons. The highest BCUT2D eigenvalue weighted by molar-refractivity contribution is 9.08. The lowest BCUT2D eigenvalue weighted by Gasteiger charge is -2.13. The highest BCUT2D eigenvalue weighted by atomic mass is 79.9. The zero-order chi connectivity index (χ0) is 14.5. The van der Waals surface area contributed by atoms with E-state index in [1.165, 1.54) is 5.56 Å². The van der Waals surface area contributed by atoms with Crippen LogP contribution in [0.1, 0.15) is 29.5 Å². The molecule has 0 amide bonds. The van der Waals surface area contributed by atoms with Crippen LogP contribution in [0.3, 0.4) is 0 Å². The SMILES string of the molecule is Cc1cc(CBr)cc(C)c1OCCCCS(=O)(=O)O. The smallest absolute Gasteiger partial charge is 0.264 e. The van der Waals surface area contributed by atoms with Gasteiger partial charge in [0, 0.05) is 5.33 Å². The largest absolute Gasteiger partial charge is 0.493 e. The molecule has 0 unspecified atom stereocenters. The van der Waals surface area contributed by atoms with Gasteiger partial charge in [-0.3, -0.25) is 4.55 Å². The number of unbranched alkanes of at least 4 members (excludes halogenated alkanes) is 1. The molecule has 0 aliphatic carbocycles. The fourth-order valence-electron chi connectivity index (χ4n) is 1.91. The molecule has 1 rings (SSSR count). The Labute approximate surface area is 123 Å². The van der Waals surface area contributed by atoms with Crippen LogP contribution in [-0.2, 0) is 15.4 Å². The predicted octanol–water partition coefficient (Wildman–Crippen LogP) is 3.25.